The van der Waals surface area contributed by atoms with Crippen LogP contribution in [0.4, 0.5) is 14.9 Å². The van der Waals surface area contributed by atoms with Crippen LogP contribution in [-0.2, 0) is 17.8 Å². The van der Waals surface area contributed by atoms with E-state index in [1.165, 1.54) is 17.0 Å². The number of carbonyl (C=O) groups excluding carboxylic acids is 2. The number of methoxy groups -OCH3 is 2. The van der Waals surface area contributed by atoms with Crippen molar-refractivity contribution >= 4 is 17.6 Å². The molecule has 4 rings (SSSR count). The maximum absolute atomic E-state index is 13.1. The number of urea groups is 1. The number of carbonyl (C=O) groups is 2. The van der Waals surface area contributed by atoms with Gasteiger partial charge in [-0.3, -0.25) is 9.69 Å². The van der Waals surface area contributed by atoms with Crippen LogP contribution in [-0.4, -0.2) is 62.1 Å². The Labute approximate surface area is 174 Å². The van der Waals surface area contributed by atoms with E-state index in [9.17, 15) is 14.0 Å². The van der Waals surface area contributed by atoms with Crippen LogP contribution >= 0.6 is 0 Å². The van der Waals surface area contributed by atoms with Crippen molar-refractivity contribution < 1.29 is 23.5 Å². The molecule has 2 aromatic rings. The van der Waals surface area contributed by atoms with E-state index in [1.54, 1.807) is 36.2 Å². The summed E-state index contributed by atoms with van der Waals surface area (Å²) < 4.78 is 23.9. The van der Waals surface area contributed by atoms with Crippen LogP contribution in [0.15, 0.2) is 36.4 Å². The van der Waals surface area contributed by atoms with Gasteiger partial charge >= 0.3 is 6.03 Å². The van der Waals surface area contributed by atoms with Gasteiger partial charge in [0, 0.05) is 31.9 Å². The third kappa shape index (κ3) is 3.77. The van der Waals surface area contributed by atoms with Crippen LogP contribution in [0.5, 0.6) is 11.5 Å². The van der Waals surface area contributed by atoms with Crippen molar-refractivity contribution in [3.05, 3.63) is 53.3 Å². The molecule has 3 amide bonds. The number of nitrogens with zero attached hydrogens (tertiary/aromatic N) is 3. The molecular weight excluding hydrogens is 389 g/mol. The summed E-state index contributed by atoms with van der Waals surface area (Å²) in [6.07, 6.45) is 0.719. The number of hydrogen-bond acceptors (Lipinski definition) is 4. The van der Waals surface area contributed by atoms with Crippen LogP contribution in [0.25, 0.3) is 0 Å². The third-order valence-electron chi connectivity index (χ3n) is 5.63. The minimum absolute atomic E-state index is 0.0269. The minimum atomic E-state index is -0.350. The molecule has 0 aromatic heterocycles. The Kier molecular flexibility index (Phi) is 5.48. The highest BCUT2D eigenvalue weighted by Gasteiger charge is 2.32. The van der Waals surface area contributed by atoms with Crippen molar-refractivity contribution in [2.24, 2.45) is 0 Å². The number of anilines is 1. The van der Waals surface area contributed by atoms with Gasteiger partial charge in [-0.15, -0.1) is 0 Å². The summed E-state index contributed by atoms with van der Waals surface area (Å²) in [5, 5.41) is 0. The van der Waals surface area contributed by atoms with E-state index in [-0.39, 0.29) is 24.3 Å². The molecule has 1 fully saturated rings. The molecule has 7 nitrogen and oxygen atoms in total. The van der Waals surface area contributed by atoms with E-state index in [0.29, 0.717) is 43.4 Å². The summed E-state index contributed by atoms with van der Waals surface area (Å²) in [5.41, 5.74) is 2.79. The van der Waals surface area contributed by atoms with E-state index in [1.807, 2.05) is 12.1 Å². The highest BCUT2D eigenvalue weighted by Crippen LogP contribution is 2.33. The first-order valence-electron chi connectivity index (χ1n) is 9.83. The predicted molar refractivity (Wildman–Crippen MR) is 109 cm³/mol. The van der Waals surface area contributed by atoms with E-state index in [2.05, 4.69) is 0 Å². The molecule has 0 aliphatic carbocycles. The quantitative estimate of drug-likeness (QED) is 0.756. The molecule has 0 N–H and O–H groups in total. The first-order valence-corrected chi connectivity index (χ1v) is 9.83. The molecule has 158 valence electrons. The summed E-state index contributed by atoms with van der Waals surface area (Å²) >= 11 is 0. The standard InChI is InChI=1S/C22H24FN3O4/c1-29-19-11-15-7-8-24(13-16(15)12-20(19)30-2)21(27)14-25-9-10-26(22(25)28)18-5-3-17(23)4-6-18/h3-6,11-12H,7-10,13-14H2,1-2H3. The zero-order valence-electron chi connectivity index (χ0n) is 17.1. The second-order valence-corrected chi connectivity index (χ2v) is 7.37. The van der Waals surface area contributed by atoms with E-state index in [0.717, 1.165) is 17.5 Å². The van der Waals surface area contributed by atoms with Gasteiger partial charge in [-0.05, 0) is 53.9 Å². The molecule has 2 aliphatic heterocycles. The molecule has 0 spiro atoms. The largest absolute Gasteiger partial charge is 0.493 e. The molecule has 2 aliphatic rings. The Hall–Kier alpha value is -3.29. The van der Waals surface area contributed by atoms with E-state index < -0.39 is 0 Å². The lowest BCUT2D eigenvalue weighted by atomic mass is 9.98. The number of hydrogen-bond donors (Lipinski definition) is 0. The molecule has 2 heterocycles. The normalized spacial score (nSPS) is 16.0. The van der Waals surface area contributed by atoms with Gasteiger partial charge in [0.1, 0.15) is 12.4 Å². The topological polar surface area (TPSA) is 62.3 Å². The average molecular weight is 413 g/mol. The first kappa shape index (κ1) is 20.0. The van der Waals surface area contributed by atoms with Crippen LogP contribution in [0, 0.1) is 5.82 Å². The maximum Gasteiger partial charge on any atom is 0.325 e. The fourth-order valence-corrected chi connectivity index (χ4v) is 3.95. The lowest BCUT2D eigenvalue weighted by Crippen LogP contribution is -2.44. The van der Waals surface area contributed by atoms with Crippen molar-refractivity contribution in [3.8, 4) is 11.5 Å². The molecule has 0 unspecified atom stereocenters. The zero-order chi connectivity index (χ0) is 21.3. The van der Waals surface area contributed by atoms with Gasteiger partial charge in [0.05, 0.1) is 14.2 Å². The second kappa shape index (κ2) is 8.22. The molecule has 0 atom stereocenters. The second-order valence-electron chi connectivity index (χ2n) is 7.37. The fraction of sp³-hybridized carbons (Fsp3) is 0.364. The molecule has 0 saturated carbocycles. The van der Waals surface area contributed by atoms with Gasteiger partial charge in [0.2, 0.25) is 5.91 Å². The molecular formula is C22H24FN3O4. The molecule has 2 aromatic carbocycles. The zero-order valence-corrected chi connectivity index (χ0v) is 17.1. The van der Waals surface area contributed by atoms with Crippen LogP contribution in [0.1, 0.15) is 11.1 Å². The number of amides is 3. The Balaban J connectivity index is 1.41. The summed E-state index contributed by atoms with van der Waals surface area (Å²) in [5.74, 6) is 0.872. The molecule has 30 heavy (non-hydrogen) atoms. The van der Waals surface area contributed by atoms with Crippen LogP contribution in [0.2, 0.25) is 0 Å². The van der Waals surface area contributed by atoms with Gasteiger partial charge < -0.3 is 19.3 Å². The van der Waals surface area contributed by atoms with Crippen molar-refractivity contribution in [2.75, 3.05) is 45.3 Å². The average Bonchev–Trinajstić information content (AvgIpc) is 3.12. The Morgan fingerprint density at radius 2 is 1.67 bits per heavy atom. The monoisotopic (exact) mass is 413 g/mol. The Morgan fingerprint density at radius 3 is 2.33 bits per heavy atom. The number of benzene rings is 2. The predicted octanol–water partition coefficient (Wildman–Crippen LogP) is 2.67. The summed E-state index contributed by atoms with van der Waals surface area (Å²) in [6.45, 7) is 2.01. The summed E-state index contributed by atoms with van der Waals surface area (Å²) in [7, 11) is 3.19. The highest BCUT2D eigenvalue weighted by atomic mass is 19.1. The van der Waals surface area contributed by atoms with E-state index >= 15 is 0 Å². The molecule has 8 heteroatoms. The summed E-state index contributed by atoms with van der Waals surface area (Å²) in [4.78, 5) is 30.5. The van der Waals surface area contributed by atoms with Gasteiger partial charge in [0.15, 0.2) is 11.5 Å². The lowest BCUT2D eigenvalue weighted by molar-refractivity contribution is -0.132. The summed E-state index contributed by atoms with van der Waals surface area (Å²) in [6, 6.07) is 9.42. The van der Waals surface area contributed by atoms with Crippen molar-refractivity contribution in [1.82, 2.24) is 9.80 Å². The Morgan fingerprint density at radius 1 is 1.00 bits per heavy atom. The third-order valence-corrected chi connectivity index (χ3v) is 5.63. The van der Waals surface area contributed by atoms with Gasteiger partial charge in [-0.2, -0.15) is 0 Å². The SMILES string of the molecule is COc1cc2c(cc1OC)CN(C(=O)CN1CCN(c3ccc(F)cc3)C1=O)CC2. The molecule has 0 bridgehead atoms. The first-order chi connectivity index (χ1) is 14.5. The van der Waals surface area contributed by atoms with Crippen molar-refractivity contribution in [1.29, 1.82) is 0 Å². The van der Waals surface area contributed by atoms with Gasteiger partial charge in [-0.25, -0.2) is 9.18 Å². The number of halogens is 1. The van der Waals surface area contributed by atoms with Gasteiger partial charge in [0.25, 0.3) is 0 Å². The van der Waals surface area contributed by atoms with Crippen LogP contribution < -0.4 is 14.4 Å². The molecule has 0 radical (unpaired) electrons. The number of rotatable bonds is 5. The van der Waals surface area contributed by atoms with Crippen molar-refractivity contribution in [3.63, 3.8) is 0 Å². The fourth-order valence-electron chi connectivity index (χ4n) is 3.95. The lowest BCUT2D eigenvalue weighted by Gasteiger charge is -2.31. The number of fused-ring (bicyclic) bond motifs is 1. The van der Waals surface area contributed by atoms with E-state index in [4.69, 9.17) is 9.47 Å². The molecule has 1 saturated heterocycles. The minimum Gasteiger partial charge on any atom is -0.493 e. The smallest absolute Gasteiger partial charge is 0.325 e. The van der Waals surface area contributed by atoms with Crippen LogP contribution in [0.3, 0.4) is 0 Å². The number of ether oxygens (including phenoxy) is 2. The Bertz CT molecular complexity index is 964. The van der Waals surface area contributed by atoms with Gasteiger partial charge in [-0.1, -0.05) is 0 Å². The highest BCUT2D eigenvalue weighted by molar-refractivity contribution is 5.96. The maximum atomic E-state index is 13.1. The van der Waals surface area contributed by atoms with Crippen molar-refractivity contribution in [2.45, 2.75) is 13.0 Å².